The van der Waals surface area contributed by atoms with Crippen molar-refractivity contribution in [2.24, 2.45) is 5.84 Å². The Labute approximate surface area is 115 Å². The molecule has 0 saturated carbocycles. The fourth-order valence-corrected chi connectivity index (χ4v) is 2.47. The number of rotatable bonds is 5. The first-order valence-corrected chi connectivity index (χ1v) is 6.57. The molecule has 1 aromatic carbocycles. The molecule has 1 amide bonds. The Balaban J connectivity index is 2.06. The molecule has 1 aromatic heterocycles. The fraction of sp³-hybridized carbons (Fsp3) is 0.154. The Kier molecular flexibility index (Phi) is 4.48. The topological polar surface area (TPSA) is 77.5 Å². The van der Waals surface area contributed by atoms with Gasteiger partial charge in [-0.2, -0.15) is 0 Å². The molecular formula is C13H14N2O3S. The van der Waals surface area contributed by atoms with E-state index in [-0.39, 0.29) is 5.91 Å². The number of nitrogen functional groups attached to an aromatic ring is 1. The normalized spacial score (nSPS) is 10.2. The molecule has 1 heterocycles. The van der Waals surface area contributed by atoms with E-state index < -0.39 is 0 Å². The second-order valence-electron chi connectivity index (χ2n) is 3.70. The van der Waals surface area contributed by atoms with Crippen LogP contribution >= 0.6 is 11.8 Å². The number of nitrogens with one attached hydrogen (secondary N) is 1. The van der Waals surface area contributed by atoms with Crippen LogP contribution < -0.4 is 16.0 Å². The van der Waals surface area contributed by atoms with Gasteiger partial charge in [0, 0.05) is 4.90 Å². The largest absolute Gasteiger partial charge is 0.497 e. The number of furan rings is 1. The van der Waals surface area contributed by atoms with Gasteiger partial charge in [-0.25, -0.2) is 5.84 Å². The summed E-state index contributed by atoms with van der Waals surface area (Å²) in [5.41, 5.74) is 2.55. The number of carbonyl (C=O) groups is 1. The van der Waals surface area contributed by atoms with Gasteiger partial charge in [0.1, 0.15) is 11.5 Å². The Morgan fingerprint density at radius 2 is 2.32 bits per heavy atom. The maximum absolute atomic E-state index is 11.5. The molecule has 0 atom stereocenters. The summed E-state index contributed by atoms with van der Waals surface area (Å²) in [5, 5.41) is 0. The van der Waals surface area contributed by atoms with Crippen LogP contribution in [-0.4, -0.2) is 13.0 Å². The highest BCUT2D eigenvalue weighted by Crippen LogP contribution is 2.27. The van der Waals surface area contributed by atoms with Gasteiger partial charge in [-0.15, -0.1) is 11.8 Å². The Bertz CT molecular complexity index is 569. The fourth-order valence-electron chi connectivity index (χ4n) is 1.57. The zero-order valence-corrected chi connectivity index (χ0v) is 11.2. The first-order valence-electron chi connectivity index (χ1n) is 5.58. The average molecular weight is 278 g/mol. The van der Waals surface area contributed by atoms with Crippen LogP contribution in [0.3, 0.4) is 0 Å². The molecule has 0 saturated heterocycles. The number of carbonyl (C=O) groups excluding carboxylic acids is 1. The van der Waals surface area contributed by atoms with Gasteiger partial charge in [-0.05, 0) is 24.3 Å². The predicted octanol–water partition coefficient (Wildman–Crippen LogP) is 2.18. The van der Waals surface area contributed by atoms with Crippen LogP contribution in [0.5, 0.6) is 5.75 Å². The minimum atomic E-state index is -0.352. The van der Waals surface area contributed by atoms with Crippen LogP contribution in [0.15, 0.2) is 45.9 Å². The van der Waals surface area contributed by atoms with Gasteiger partial charge in [0.25, 0.3) is 5.91 Å². The SMILES string of the molecule is COc1cccc(SCc2occc2C(=O)NN)c1. The number of nitrogens with two attached hydrogens (primary N) is 1. The smallest absolute Gasteiger partial charge is 0.268 e. The van der Waals surface area contributed by atoms with E-state index in [1.807, 2.05) is 24.3 Å². The lowest BCUT2D eigenvalue weighted by Crippen LogP contribution is -2.30. The third kappa shape index (κ3) is 3.30. The number of hydrazine groups is 1. The molecule has 0 radical (unpaired) electrons. The van der Waals surface area contributed by atoms with Crippen molar-refractivity contribution in [3.63, 3.8) is 0 Å². The summed E-state index contributed by atoms with van der Waals surface area (Å²) in [6.45, 7) is 0. The van der Waals surface area contributed by atoms with Crippen LogP contribution in [0.1, 0.15) is 16.1 Å². The Hall–Kier alpha value is -1.92. The predicted molar refractivity (Wildman–Crippen MR) is 72.9 cm³/mol. The van der Waals surface area contributed by atoms with E-state index in [1.54, 1.807) is 24.9 Å². The number of benzene rings is 1. The quantitative estimate of drug-likeness (QED) is 0.379. The number of methoxy groups -OCH3 is 1. The van der Waals surface area contributed by atoms with E-state index in [2.05, 4.69) is 5.43 Å². The van der Waals surface area contributed by atoms with Gasteiger partial charge in [-0.3, -0.25) is 10.2 Å². The lowest BCUT2D eigenvalue weighted by atomic mass is 10.2. The average Bonchev–Trinajstić information content (AvgIpc) is 2.93. The molecule has 0 spiro atoms. The molecule has 0 bridgehead atoms. The van der Waals surface area contributed by atoms with Crippen molar-refractivity contribution in [1.29, 1.82) is 0 Å². The van der Waals surface area contributed by atoms with Crippen LogP contribution in [0.25, 0.3) is 0 Å². The second-order valence-corrected chi connectivity index (χ2v) is 4.75. The lowest BCUT2D eigenvalue weighted by molar-refractivity contribution is 0.0952. The molecule has 5 nitrogen and oxygen atoms in total. The van der Waals surface area contributed by atoms with Gasteiger partial charge < -0.3 is 9.15 Å². The zero-order valence-electron chi connectivity index (χ0n) is 10.4. The monoisotopic (exact) mass is 278 g/mol. The summed E-state index contributed by atoms with van der Waals surface area (Å²) in [5.74, 6) is 6.69. The van der Waals surface area contributed by atoms with Gasteiger partial charge in [0.05, 0.1) is 24.7 Å². The van der Waals surface area contributed by atoms with E-state index in [1.165, 1.54) is 6.26 Å². The highest BCUT2D eigenvalue weighted by atomic mass is 32.2. The Morgan fingerprint density at radius 1 is 1.47 bits per heavy atom. The first kappa shape index (κ1) is 13.5. The molecule has 2 rings (SSSR count). The van der Waals surface area contributed by atoms with Crippen molar-refractivity contribution >= 4 is 17.7 Å². The molecule has 0 aliphatic heterocycles. The molecule has 6 heteroatoms. The van der Waals surface area contributed by atoms with E-state index in [9.17, 15) is 4.79 Å². The van der Waals surface area contributed by atoms with Crippen molar-refractivity contribution in [3.8, 4) is 5.75 Å². The Morgan fingerprint density at radius 3 is 3.05 bits per heavy atom. The summed E-state index contributed by atoms with van der Waals surface area (Å²) in [6.07, 6.45) is 1.48. The minimum absolute atomic E-state index is 0.352. The molecule has 0 aliphatic rings. The molecule has 0 fully saturated rings. The molecule has 0 aliphatic carbocycles. The third-order valence-corrected chi connectivity index (χ3v) is 3.53. The van der Waals surface area contributed by atoms with Crippen molar-refractivity contribution in [3.05, 3.63) is 47.9 Å². The second kappa shape index (κ2) is 6.31. The van der Waals surface area contributed by atoms with E-state index in [0.29, 0.717) is 17.1 Å². The molecule has 2 aromatic rings. The molecule has 0 unspecified atom stereocenters. The van der Waals surface area contributed by atoms with Crippen molar-refractivity contribution < 1.29 is 13.9 Å². The van der Waals surface area contributed by atoms with Gasteiger partial charge in [-0.1, -0.05) is 6.07 Å². The van der Waals surface area contributed by atoms with E-state index in [4.69, 9.17) is 15.0 Å². The van der Waals surface area contributed by atoms with Gasteiger partial charge in [0.15, 0.2) is 0 Å². The van der Waals surface area contributed by atoms with Crippen molar-refractivity contribution in [2.75, 3.05) is 7.11 Å². The molecule has 100 valence electrons. The lowest BCUT2D eigenvalue weighted by Gasteiger charge is -2.04. The van der Waals surface area contributed by atoms with Gasteiger partial charge >= 0.3 is 0 Å². The maximum Gasteiger partial charge on any atom is 0.268 e. The third-order valence-electron chi connectivity index (χ3n) is 2.53. The van der Waals surface area contributed by atoms with Crippen LogP contribution in [-0.2, 0) is 5.75 Å². The van der Waals surface area contributed by atoms with E-state index >= 15 is 0 Å². The summed E-state index contributed by atoms with van der Waals surface area (Å²) in [7, 11) is 1.62. The number of amides is 1. The van der Waals surface area contributed by atoms with Crippen LogP contribution in [0.4, 0.5) is 0 Å². The maximum atomic E-state index is 11.5. The molecule has 19 heavy (non-hydrogen) atoms. The zero-order chi connectivity index (χ0) is 13.7. The van der Waals surface area contributed by atoms with Gasteiger partial charge in [0.2, 0.25) is 0 Å². The summed E-state index contributed by atoms with van der Waals surface area (Å²) >= 11 is 1.56. The summed E-state index contributed by atoms with van der Waals surface area (Å²) in [6, 6.07) is 9.29. The first-order chi connectivity index (χ1) is 9.24. The number of hydrogen-bond donors (Lipinski definition) is 2. The number of thioether (sulfide) groups is 1. The molecule has 3 N–H and O–H groups in total. The van der Waals surface area contributed by atoms with Crippen LogP contribution in [0, 0.1) is 0 Å². The summed E-state index contributed by atoms with van der Waals surface area (Å²) < 4.78 is 10.5. The highest BCUT2D eigenvalue weighted by molar-refractivity contribution is 7.98. The molecular weight excluding hydrogens is 264 g/mol. The van der Waals surface area contributed by atoms with Crippen LogP contribution in [0.2, 0.25) is 0 Å². The van der Waals surface area contributed by atoms with Crippen molar-refractivity contribution in [2.45, 2.75) is 10.6 Å². The standard InChI is InChI=1S/C13H14N2O3S/c1-17-9-3-2-4-10(7-9)19-8-12-11(5-6-18-12)13(16)15-14/h2-7H,8,14H2,1H3,(H,15,16). The summed E-state index contributed by atoms with van der Waals surface area (Å²) in [4.78, 5) is 12.5. The van der Waals surface area contributed by atoms with E-state index in [0.717, 1.165) is 10.6 Å². The van der Waals surface area contributed by atoms with Crippen molar-refractivity contribution in [1.82, 2.24) is 5.43 Å². The highest BCUT2D eigenvalue weighted by Gasteiger charge is 2.13. The number of hydrogen-bond acceptors (Lipinski definition) is 5. The number of ether oxygens (including phenoxy) is 1. The minimum Gasteiger partial charge on any atom is -0.497 e.